The molecule has 96 valence electrons. The highest BCUT2D eigenvalue weighted by molar-refractivity contribution is 5.83. The Morgan fingerprint density at radius 2 is 1.72 bits per heavy atom. The molecule has 0 saturated heterocycles. The van der Waals surface area contributed by atoms with Gasteiger partial charge in [0.05, 0.1) is 18.2 Å². The van der Waals surface area contributed by atoms with Gasteiger partial charge in [-0.15, -0.1) is 0 Å². The van der Waals surface area contributed by atoms with Crippen LogP contribution in [0.4, 0.5) is 0 Å². The lowest BCUT2D eigenvalue weighted by Gasteiger charge is -2.22. The van der Waals surface area contributed by atoms with E-state index in [2.05, 4.69) is 30.3 Å². The van der Waals surface area contributed by atoms with E-state index in [1.165, 1.54) is 10.8 Å². The summed E-state index contributed by atoms with van der Waals surface area (Å²) in [6.07, 6.45) is 0. The van der Waals surface area contributed by atoms with Crippen LogP contribution < -0.4 is 5.73 Å². The van der Waals surface area contributed by atoms with Crippen LogP contribution in [0.15, 0.2) is 42.5 Å². The lowest BCUT2D eigenvalue weighted by atomic mass is 10.0. The van der Waals surface area contributed by atoms with E-state index in [1.54, 1.807) is 0 Å². The summed E-state index contributed by atoms with van der Waals surface area (Å²) < 4.78 is 5.73. The van der Waals surface area contributed by atoms with Gasteiger partial charge < -0.3 is 10.5 Å². The van der Waals surface area contributed by atoms with Crippen LogP contribution in [0.3, 0.4) is 0 Å². The predicted octanol–water partition coefficient (Wildman–Crippen LogP) is 3.65. The second-order valence-electron chi connectivity index (χ2n) is 5.64. The van der Waals surface area contributed by atoms with Gasteiger partial charge in [0, 0.05) is 0 Å². The lowest BCUT2D eigenvalue weighted by molar-refractivity contribution is -0.0102. The third kappa shape index (κ3) is 3.31. The molecule has 1 atom stereocenters. The first-order valence-corrected chi connectivity index (χ1v) is 6.34. The molecule has 0 aliphatic heterocycles. The summed E-state index contributed by atoms with van der Waals surface area (Å²) in [5.74, 6) is 0. The highest BCUT2D eigenvalue weighted by Gasteiger charge is 2.14. The summed E-state index contributed by atoms with van der Waals surface area (Å²) in [5.41, 5.74) is 7.15. The normalized spacial score (nSPS) is 13.8. The number of hydrogen-bond acceptors (Lipinski definition) is 2. The summed E-state index contributed by atoms with van der Waals surface area (Å²) >= 11 is 0. The van der Waals surface area contributed by atoms with E-state index < -0.39 is 0 Å². The average molecular weight is 243 g/mol. The zero-order chi connectivity index (χ0) is 13.2. The first-order chi connectivity index (χ1) is 8.46. The Balaban J connectivity index is 2.15. The van der Waals surface area contributed by atoms with Gasteiger partial charge in [-0.25, -0.2) is 0 Å². The van der Waals surface area contributed by atoms with Crippen LogP contribution in [-0.2, 0) is 4.74 Å². The molecule has 0 spiro atoms. The van der Waals surface area contributed by atoms with Crippen LogP contribution in [0, 0.1) is 0 Å². The van der Waals surface area contributed by atoms with Crippen LogP contribution in [-0.4, -0.2) is 12.2 Å². The van der Waals surface area contributed by atoms with Gasteiger partial charge in [-0.05, 0) is 43.2 Å². The number of nitrogens with two attached hydrogens (primary N) is 1. The Morgan fingerprint density at radius 1 is 1.06 bits per heavy atom. The molecule has 2 N–H and O–H groups in total. The smallest absolute Gasteiger partial charge is 0.0666 e. The highest BCUT2D eigenvalue weighted by atomic mass is 16.5. The van der Waals surface area contributed by atoms with Crippen molar-refractivity contribution in [1.29, 1.82) is 0 Å². The molecule has 2 rings (SSSR count). The van der Waals surface area contributed by atoms with E-state index in [1.807, 2.05) is 32.9 Å². The molecule has 0 bridgehead atoms. The van der Waals surface area contributed by atoms with E-state index in [4.69, 9.17) is 10.5 Å². The van der Waals surface area contributed by atoms with Crippen molar-refractivity contribution in [3.05, 3.63) is 48.0 Å². The fourth-order valence-electron chi connectivity index (χ4n) is 1.87. The van der Waals surface area contributed by atoms with Crippen LogP contribution in [0.2, 0.25) is 0 Å². The minimum absolute atomic E-state index is 0.0752. The van der Waals surface area contributed by atoms with Crippen LogP contribution in [0.5, 0.6) is 0 Å². The minimum atomic E-state index is -0.144. The van der Waals surface area contributed by atoms with Crippen LogP contribution in [0.25, 0.3) is 10.8 Å². The summed E-state index contributed by atoms with van der Waals surface area (Å²) in [6, 6.07) is 14.6. The number of fused-ring (bicyclic) bond motifs is 1. The predicted molar refractivity (Wildman–Crippen MR) is 76.6 cm³/mol. The van der Waals surface area contributed by atoms with Gasteiger partial charge in [-0.1, -0.05) is 36.4 Å². The molecule has 1 unspecified atom stereocenters. The number of ether oxygens (including phenoxy) is 1. The standard InChI is InChI=1S/C16H21NO/c1-16(2,3)18-11-15(17)14-9-8-12-6-4-5-7-13(12)10-14/h4-10,15H,11,17H2,1-3H3. The lowest BCUT2D eigenvalue weighted by Crippen LogP contribution is -2.26. The third-order valence-corrected chi connectivity index (χ3v) is 2.90. The Labute approximate surface area is 109 Å². The van der Waals surface area contributed by atoms with E-state index >= 15 is 0 Å². The van der Waals surface area contributed by atoms with Gasteiger partial charge >= 0.3 is 0 Å². The topological polar surface area (TPSA) is 35.2 Å². The van der Waals surface area contributed by atoms with Crippen molar-refractivity contribution in [1.82, 2.24) is 0 Å². The van der Waals surface area contributed by atoms with Crippen molar-refractivity contribution in [2.24, 2.45) is 5.73 Å². The quantitative estimate of drug-likeness (QED) is 0.893. The maximum Gasteiger partial charge on any atom is 0.0666 e. The van der Waals surface area contributed by atoms with Crippen molar-refractivity contribution in [2.75, 3.05) is 6.61 Å². The van der Waals surface area contributed by atoms with Crippen molar-refractivity contribution in [3.63, 3.8) is 0 Å². The maximum atomic E-state index is 6.17. The summed E-state index contributed by atoms with van der Waals surface area (Å²) in [7, 11) is 0. The Morgan fingerprint density at radius 3 is 2.39 bits per heavy atom. The van der Waals surface area contributed by atoms with Crippen molar-refractivity contribution < 1.29 is 4.74 Å². The average Bonchev–Trinajstić information content (AvgIpc) is 2.34. The van der Waals surface area contributed by atoms with Crippen molar-refractivity contribution in [2.45, 2.75) is 32.4 Å². The van der Waals surface area contributed by atoms with E-state index in [0.29, 0.717) is 6.61 Å². The Hall–Kier alpha value is -1.38. The van der Waals surface area contributed by atoms with Gasteiger partial charge in [-0.3, -0.25) is 0 Å². The number of benzene rings is 2. The van der Waals surface area contributed by atoms with Gasteiger partial charge in [0.25, 0.3) is 0 Å². The molecule has 0 fully saturated rings. The monoisotopic (exact) mass is 243 g/mol. The van der Waals surface area contributed by atoms with E-state index in [0.717, 1.165) is 5.56 Å². The zero-order valence-electron chi connectivity index (χ0n) is 11.3. The van der Waals surface area contributed by atoms with Gasteiger partial charge in [0.2, 0.25) is 0 Å². The Kier molecular flexibility index (Phi) is 3.69. The van der Waals surface area contributed by atoms with E-state index in [-0.39, 0.29) is 11.6 Å². The molecule has 2 aromatic rings. The van der Waals surface area contributed by atoms with E-state index in [9.17, 15) is 0 Å². The fourth-order valence-corrected chi connectivity index (χ4v) is 1.87. The third-order valence-electron chi connectivity index (χ3n) is 2.90. The van der Waals surface area contributed by atoms with Crippen LogP contribution in [0.1, 0.15) is 32.4 Å². The van der Waals surface area contributed by atoms with Crippen molar-refractivity contribution in [3.8, 4) is 0 Å². The highest BCUT2D eigenvalue weighted by Crippen LogP contribution is 2.20. The molecule has 2 aromatic carbocycles. The largest absolute Gasteiger partial charge is 0.374 e. The van der Waals surface area contributed by atoms with Crippen molar-refractivity contribution >= 4 is 10.8 Å². The molecule has 0 aliphatic carbocycles. The number of rotatable bonds is 3. The second-order valence-corrected chi connectivity index (χ2v) is 5.64. The minimum Gasteiger partial charge on any atom is -0.374 e. The number of hydrogen-bond donors (Lipinski definition) is 1. The molecule has 2 heteroatoms. The molecule has 0 radical (unpaired) electrons. The van der Waals surface area contributed by atoms with Gasteiger partial charge in [0.1, 0.15) is 0 Å². The van der Waals surface area contributed by atoms with Crippen LogP contribution >= 0.6 is 0 Å². The molecule has 0 aromatic heterocycles. The SMILES string of the molecule is CC(C)(C)OCC(N)c1ccc2ccccc2c1. The molecule has 18 heavy (non-hydrogen) atoms. The second kappa shape index (κ2) is 5.09. The molecule has 0 aliphatic rings. The molecule has 0 heterocycles. The summed E-state index contributed by atoms with van der Waals surface area (Å²) in [4.78, 5) is 0. The summed E-state index contributed by atoms with van der Waals surface area (Å²) in [6.45, 7) is 6.67. The molecule has 0 saturated carbocycles. The maximum absolute atomic E-state index is 6.17. The molecular weight excluding hydrogens is 222 g/mol. The molecule has 0 amide bonds. The van der Waals surface area contributed by atoms with Gasteiger partial charge in [0.15, 0.2) is 0 Å². The molecular formula is C16H21NO. The van der Waals surface area contributed by atoms with Gasteiger partial charge in [-0.2, -0.15) is 0 Å². The zero-order valence-corrected chi connectivity index (χ0v) is 11.3. The Bertz CT molecular complexity index is 528. The fraction of sp³-hybridized carbons (Fsp3) is 0.375. The molecule has 2 nitrogen and oxygen atoms in total. The first-order valence-electron chi connectivity index (χ1n) is 6.34. The first kappa shape index (κ1) is 13.1. The summed E-state index contributed by atoms with van der Waals surface area (Å²) in [5, 5.41) is 2.46.